The Hall–Kier alpha value is -2.43. The fraction of sp³-hybridized carbons (Fsp3) is 0.450. The highest BCUT2D eigenvalue weighted by Crippen LogP contribution is 2.65. The van der Waals surface area contributed by atoms with Crippen molar-refractivity contribution < 1.29 is 14.3 Å². The SMILES string of the molecule is Cc1cc(NC(=O)[C@@]23CC[C@](C)(C(=O)O2)C3(C)C)c2ccccc2n1. The van der Waals surface area contributed by atoms with E-state index in [2.05, 4.69) is 10.3 Å². The molecule has 1 aromatic heterocycles. The third kappa shape index (κ3) is 1.86. The summed E-state index contributed by atoms with van der Waals surface area (Å²) in [6, 6.07) is 9.54. The Kier molecular flexibility index (Phi) is 3.09. The molecule has 1 saturated carbocycles. The van der Waals surface area contributed by atoms with Crippen molar-refractivity contribution in [3.8, 4) is 0 Å². The van der Waals surface area contributed by atoms with Gasteiger partial charge in [0.15, 0.2) is 5.60 Å². The monoisotopic (exact) mass is 338 g/mol. The number of hydrogen-bond acceptors (Lipinski definition) is 4. The van der Waals surface area contributed by atoms with E-state index in [9.17, 15) is 9.59 Å². The minimum absolute atomic E-state index is 0.247. The van der Waals surface area contributed by atoms with Crippen LogP contribution in [0.2, 0.25) is 0 Å². The summed E-state index contributed by atoms with van der Waals surface area (Å²) in [5.74, 6) is -0.516. The molecular formula is C20H22N2O3. The first-order valence-corrected chi connectivity index (χ1v) is 8.63. The van der Waals surface area contributed by atoms with Crippen molar-refractivity contribution in [2.24, 2.45) is 10.8 Å². The van der Waals surface area contributed by atoms with Gasteiger partial charge in [0.1, 0.15) is 0 Å². The molecule has 1 saturated heterocycles. The largest absolute Gasteiger partial charge is 0.448 e. The quantitative estimate of drug-likeness (QED) is 0.850. The lowest BCUT2D eigenvalue weighted by atomic mass is 9.66. The average Bonchev–Trinajstić information content (AvgIpc) is 2.85. The average molecular weight is 338 g/mol. The smallest absolute Gasteiger partial charge is 0.313 e. The summed E-state index contributed by atoms with van der Waals surface area (Å²) in [5.41, 5.74) is 0.0750. The molecule has 2 atom stereocenters. The molecule has 0 radical (unpaired) electrons. The minimum Gasteiger partial charge on any atom is -0.448 e. The van der Waals surface area contributed by atoms with Crippen molar-refractivity contribution in [3.05, 3.63) is 36.0 Å². The summed E-state index contributed by atoms with van der Waals surface area (Å²) < 4.78 is 5.68. The van der Waals surface area contributed by atoms with Crippen LogP contribution in [-0.2, 0) is 14.3 Å². The maximum atomic E-state index is 13.2. The van der Waals surface area contributed by atoms with E-state index < -0.39 is 16.4 Å². The van der Waals surface area contributed by atoms with Gasteiger partial charge in [0.05, 0.1) is 16.6 Å². The number of rotatable bonds is 2. The van der Waals surface area contributed by atoms with Crippen LogP contribution in [0.15, 0.2) is 30.3 Å². The molecule has 1 aliphatic heterocycles. The van der Waals surface area contributed by atoms with E-state index in [0.29, 0.717) is 18.5 Å². The highest BCUT2D eigenvalue weighted by atomic mass is 16.6. The van der Waals surface area contributed by atoms with Crippen LogP contribution in [0, 0.1) is 17.8 Å². The van der Waals surface area contributed by atoms with Crippen LogP contribution in [0.4, 0.5) is 5.69 Å². The van der Waals surface area contributed by atoms with Gasteiger partial charge in [-0.1, -0.05) is 32.0 Å². The molecule has 0 spiro atoms. The Morgan fingerprint density at radius 2 is 1.92 bits per heavy atom. The number of fused-ring (bicyclic) bond motifs is 3. The summed E-state index contributed by atoms with van der Waals surface area (Å²) in [6.45, 7) is 7.72. The number of benzene rings is 1. The number of ether oxygens (including phenoxy) is 1. The number of para-hydroxylation sites is 1. The number of aromatic nitrogens is 1. The molecule has 1 N–H and O–H groups in total. The van der Waals surface area contributed by atoms with Crippen LogP contribution in [0.3, 0.4) is 0 Å². The van der Waals surface area contributed by atoms with Gasteiger partial charge in [-0.25, -0.2) is 0 Å². The molecule has 25 heavy (non-hydrogen) atoms. The minimum atomic E-state index is -1.11. The predicted molar refractivity (Wildman–Crippen MR) is 95.1 cm³/mol. The molecule has 5 nitrogen and oxygen atoms in total. The number of carbonyl (C=O) groups is 2. The third-order valence-electron chi connectivity index (χ3n) is 6.54. The molecule has 2 heterocycles. The van der Waals surface area contributed by atoms with Crippen molar-refractivity contribution in [2.75, 3.05) is 5.32 Å². The number of hydrogen-bond donors (Lipinski definition) is 1. The maximum Gasteiger partial charge on any atom is 0.313 e. The molecule has 2 aliphatic rings. The lowest BCUT2D eigenvalue weighted by Gasteiger charge is -2.35. The number of aryl methyl sites for hydroxylation is 1. The first-order chi connectivity index (χ1) is 11.7. The Bertz CT molecular complexity index is 920. The van der Waals surface area contributed by atoms with Crippen LogP contribution in [0.1, 0.15) is 39.3 Å². The molecule has 2 aromatic rings. The lowest BCUT2D eigenvalue weighted by molar-refractivity contribution is -0.165. The number of anilines is 1. The van der Waals surface area contributed by atoms with E-state index in [1.165, 1.54) is 0 Å². The zero-order chi connectivity index (χ0) is 18.0. The standard InChI is InChI=1S/C20H22N2O3/c1-12-11-15(13-7-5-6-8-14(13)21-12)22-16(23)20-10-9-19(4,17(24)25-20)18(20,2)3/h5-8,11H,9-10H2,1-4H3,(H,21,22,23)/t19-,20-/m1/s1. The van der Waals surface area contributed by atoms with Crippen LogP contribution >= 0.6 is 0 Å². The molecule has 1 aliphatic carbocycles. The first kappa shape index (κ1) is 16.1. The highest BCUT2D eigenvalue weighted by Gasteiger charge is 2.75. The second kappa shape index (κ2) is 4.81. The maximum absolute atomic E-state index is 13.2. The molecular weight excluding hydrogens is 316 g/mol. The topological polar surface area (TPSA) is 68.3 Å². The van der Waals surface area contributed by atoms with E-state index in [-0.39, 0.29) is 11.9 Å². The van der Waals surface area contributed by atoms with Gasteiger partial charge >= 0.3 is 5.97 Å². The van der Waals surface area contributed by atoms with Gasteiger partial charge in [-0.2, -0.15) is 0 Å². The first-order valence-electron chi connectivity index (χ1n) is 8.63. The summed E-state index contributed by atoms with van der Waals surface area (Å²) in [5, 5.41) is 3.90. The summed E-state index contributed by atoms with van der Waals surface area (Å²) in [7, 11) is 0. The number of amides is 1. The second-order valence-electron chi connectivity index (χ2n) is 7.96. The van der Waals surface area contributed by atoms with E-state index in [4.69, 9.17) is 4.74 Å². The normalized spacial score (nSPS) is 29.7. The van der Waals surface area contributed by atoms with Gasteiger partial charge in [0, 0.05) is 16.5 Å². The van der Waals surface area contributed by atoms with E-state index in [1.54, 1.807) is 0 Å². The number of carbonyl (C=O) groups excluding carboxylic acids is 2. The van der Waals surface area contributed by atoms with E-state index in [0.717, 1.165) is 16.6 Å². The van der Waals surface area contributed by atoms with Gasteiger partial charge in [-0.15, -0.1) is 0 Å². The molecule has 0 unspecified atom stereocenters. The van der Waals surface area contributed by atoms with Crippen molar-refractivity contribution >= 4 is 28.5 Å². The number of pyridine rings is 1. The summed E-state index contributed by atoms with van der Waals surface area (Å²) in [4.78, 5) is 30.1. The van der Waals surface area contributed by atoms with E-state index >= 15 is 0 Å². The van der Waals surface area contributed by atoms with Crippen molar-refractivity contribution in [3.63, 3.8) is 0 Å². The number of esters is 1. The van der Waals surface area contributed by atoms with Gasteiger partial charge < -0.3 is 10.1 Å². The Balaban J connectivity index is 1.76. The number of nitrogens with one attached hydrogen (secondary N) is 1. The second-order valence-corrected chi connectivity index (χ2v) is 7.96. The highest BCUT2D eigenvalue weighted by molar-refractivity contribution is 6.07. The van der Waals surface area contributed by atoms with Crippen molar-refractivity contribution in [1.29, 1.82) is 0 Å². The summed E-state index contributed by atoms with van der Waals surface area (Å²) >= 11 is 0. The van der Waals surface area contributed by atoms with Crippen LogP contribution in [0.25, 0.3) is 10.9 Å². The van der Waals surface area contributed by atoms with Gasteiger partial charge in [0.2, 0.25) is 0 Å². The molecule has 2 bridgehead atoms. The fourth-order valence-electron chi connectivity index (χ4n) is 4.38. The van der Waals surface area contributed by atoms with E-state index in [1.807, 2.05) is 58.0 Å². The lowest BCUT2D eigenvalue weighted by Crippen LogP contribution is -2.50. The van der Waals surface area contributed by atoms with Crippen molar-refractivity contribution in [1.82, 2.24) is 4.98 Å². The van der Waals surface area contributed by atoms with Gasteiger partial charge in [-0.3, -0.25) is 14.6 Å². The van der Waals surface area contributed by atoms with Crippen molar-refractivity contribution in [2.45, 2.75) is 46.1 Å². The molecule has 1 amide bonds. The van der Waals surface area contributed by atoms with Gasteiger partial charge in [-0.05, 0) is 38.8 Å². The summed E-state index contributed by atoms with van der Waals surface area (Å²) in [6.07, 6.45) is 1.22. The Morgan fingerprint density at radius 3 is 2.56 bits per heavy atom. The third-order valence-corrected chi connectivity index (χ3v) is 6.54. The molecule has 1 aromatic carbocycles. The van der Waals surface area contributed by atoms with Crippen LogP contribution in [0.5, 0.6) is 0 Å². The Morgan fingerprint density at radius 1 is 1.20 bits per heavy atom. The molecule has 5 heteroatoms. The zero-order valence-corrected chi connectivity index (χ0v) is 15.0. The predicted octanol–water partition coefficient (Wildman–Crippen LogP) is 3.60. The van der Waals surface area contributed by atoms with Crippen LogP contribution in [-0.4, -0.2) is 22.5 Å². The Labute approximate surface area is 146 Å². The number of nitrogens with zero attached hydrogens (tertiary/aromatic N) is 1. The molecule has 2 fully saturated rings. The molecule has 130 valence electrons. The molecule has 4 rings (SSSR count). The zero-order valence-electron chi connectivity index (χ0n) is 15.0. The fourth-order valence-corrected chi connectivity index (χ4v) is 4.38. The van der Waals surface area contributed by atoms with Crippen LogP contribution < -0.4 is 5.32 Å². The van der Waals surface area contributed by atoms with Gasteiger partial charge in [0.25, 0.3) is 5.91 Å².